The Hall–Kier alpha value is -2.02. The third kappa shape index (κ3) is 6.77. The molecule has 1 aliphatic rings. The second-order valence-corrected chi connectivity index (χ2v) is 10.3. The fourth-order valence-corrected chi connectivity index (χ4v) is 5.11. The van der Waals surface area contributed by atoms with Crippen molar-refractivity contribution in [3.63, 3.8) is 0 Å². The van der Waals surface area contributed by atoms with Crippen LogP contribution in [-0.2, 0) is 14.3 Å². The summed E-state index contributed by atoms with van der Waals surface area (Å²) in [5.41, 5.74) is 2.32. The number of aliphatic imine (C=N–C) groups is 1. The number of hydrogen-bond donors (Lipinski definition) is 0. The molecule has 3 rings (SSSR count). The first-order chi connectivity index (χ1) is 16.2. The molecule has 5 nitrogen and oxygen atoms in total. The van der Waals surface area contributed by atoms with E-state index in [2.05, 4.69) is 13.8 Å². The number of Topliss-reactive ketones (excluding diaryl/α,β-unsaturated/α-hetero) is 1. The number of carbonyl (C=O) groups excluding carboxylic acids is 2. The van der Waals surface area contributed by atoms with Gasteiger partial charge in [-0.2, -0.15) is 0 Å². The monoisotopic (exact) mass is 521 g/mol. The molecule has 0 aromatic heterocycles. The lowest BCUT2D eigenvalue weighted by atomic mass is 9.94. The fraction of sp³-hybridized carbons (Fsp3) is 0.423. The van der Waals surface area contributed by atoms with Crippen LogP contribution in [0.5, 0.6) is 0 Å². The number of ether oxygens (including phenoxy) is 2. The maximum absolute atomic E-state index is 12.9. The van der Waals surface area contributed by atoms with Gasteiger partial charge in [0.15, 0.2) is 5.78 Å². The molecule has 0 fully saturated rings. The number of rotatable bonds is 10. The average molecular weight is 522 g/mol. The smallest absolute Gasteiger partial charge is 0.316 e. The molecule has 2 aromatic rings. The van der Waals surface area contributed by atoms with E-state index in [1.165, 1.54) is 11.8 Å². The summed E-state index contributed by atoms with van der Waals surface area (Å²) < 4.78 is 11.1. The number of ketones is 1. The van der Waals surface area contributed by atoms with Gasteiger partial charge in [0.25, 0.3) is 0 Å². The standard InChI is InChI=1S/C26H29Cl2NO4S/c1-5-32-24(31)14-34-23-11-6-17(12-16(23)4)22(30)10-9-21-25(15(2)3)33-26(29-21)19-8-7-18(27)13-20(19)28/h6-8,11-13,15,21,25H,5,9-10,14H2,1-4H3. The van der Waals surface area contributed by atoms with Crippen molar-refractivity contribution in [2.24, 2.45) is 10.9 Å². The zero-order valence-electron chi connectivity index (χ0n) is 19.8. The lowest BCUT2D eigenvalue weighted by Crippen LogP contribution is -2.28. The van der Waals surface area contributed by atoms with Crippen molar-refractivity contribution >= 4 is 52.6 Å². The summed E-state index contributed by atoms with van der Waals surface area (Å²) in [4.78, 5) is 30.3. The number of benzene rings is 2. The highest BCUT2D eigenvalue weighted by atomic mass is 35.5. The highest BCUT2D eigenvalue weighted by molar-refractivity contribution is 8.00. The van der Waals surface area contributed by atoms with Gasteiger partial charge in [0.2, 0.25) is 5.90 Å². The molecule has 0 saturated carbocycles. The van der Waals surface area contributed by atoms with Crippen LogP contribution in [-0.4, -0.2) is 42.2 Å². The van der Waals surface area contributed by atoms with Crippen LogP contribution in [0.3, 0.4) is 0 Å². The first-order valence-corrected chi connectivity index (χ1v) is 13.1. The molecule has 0 amide bonds. The Labute approximate surface area is 215 Å². The van der Waals surface area contributed by atoms with Crippen molar-refractivity contribution < 1.29 is 19.1 Å². The topological polar surface area (TPSA) is 65.0 Å². The molecule has 34 heavy (non-hydrogen) atoms. The lowest BCUT2D eigenvalue weighted by molar-refractivity contribution is -0.139. The van der Waals surface area contributed by atoms with Gasteiger partial charge in [-0.15, -0.1) is 11.8 Å². The van der Waals surface area contributed by atoms with Crippen molar-refractivity contribution in [3.05, 3.63) is 63.1 Å². The van der Waals surface area contributed by atoms with Gasteiger partial charge in [-0.25, -0.2) is 4.99 Å². The molecule has 0 N–H and O–H groups in total. The number of carbonyl (C=O) groups is 2. The Morgan fingerprint density at radius 3 is 2.59 bits per heavy atom. The quantitative estimate of drug-likeness (QED) is 0.195. The van der Waals surface area contributed by atoms with Crippen molar-refractivity contribution in [2.45, 2.75) is 57.6 Å². The zero-order chi connectivity index (χ0) is 24.8. The van der Waals surface area contributed by atoms with E-state index in [0.29, 0.717) is 46.5 Å². The van der Waals surface area contributed by atoms with Crippen LogP contribution in [0.1, 0.15) is 55.1 Å². The number of thioether (sulfide) groups is 1. The molecular weight excluding hydrogens is 493 g/mol. The largest absolute Gasteiger partial charge is 0.472 e. The fourth-order valence-electron chi connectivity index (χ4n) is 3.81. The van der Waals surface area contributed by atoms with Gasteiger partial charge in [-0.05, 0) is 62.1 Å². The molecule has 0 radical (unpaired) electrons. The minimum atomic E-state index is -0.245. The molecular formula is C26H29Cl2NO4S. The maximum Gasteiger partial charge on any atom is 0.316 e. The van der Waals surface area contributed by atoms with Crippen molar-refractivity contribution in [3.8, 4) is 0 Å². The first-order valence-electron chi connectivity index (χ1n) is 11.3. The Morgan fingerprint density at radius 1 is 1.18 bits per heavy atom. The molecule has 1 aliphatic heterocycles. The summed E-state index contributed by atoms with van der Waals surface area (Å²) in [7, 11) is 0. The summed E-state index contributed by atoms with van der Waals surface area (Å²) in [6.07, 6.45) is 0.810. The van der Waals surface area contributed by atoms with E-state index < -0.39 is 0 Å². The molecule has 2 unspecified atom stereocenters. The van der Waals surface area contributed by atoms with Gasteiger partial charge in [-0.1, -0.05) is 43.1 Å². The minimum Gasteiger partial charge on any atom is -0.472 e. The van der Waals surface area contributed by atoms with Crippen LogP contribution in [0.15, 0.2) is 46.3 Å². The number of hydrogen-bond acceptors (Lipinski definition) is 6. The minimum absolute atomic E-state index is 0.0562. The summed E-state index contributed by atoms with van der Waals surface area (Å²) >= 11 is 13.8. The molecule has 0 aliphatic carbocycles. The van der Waals surface area contributed by atoms with E-state index in [1.807, 2.05) is 25.1 Å². The van der Waals surface area contributed by atoms with E-state index in [1.54, 1.807) is 25.1 Å². The molecule has 1 heterocycles. The first kappa shape index (κ1) is 26.6. The Balaban J connectivity index is 1.66. The molecule has 2 atom stereocenters. The Morgan fingerprint density at radius 2 is 1.94 bits per heavy atom. The summed E-state index contributed by atoms with van der Waals surface area (Å²) in [6, 6.07) is 10.7. The Kier molecular flexibility index (Phi) is 9.46. The maximum atomic E-state index is 12.9. The second kappa shape index (κ2) is 12.1. The molecule has 182 valence electrons. The van der Waals surface area contributed by atoms with Gasteiger partial charge in [-0.3, -0.25) is 9.59 Å². The number of esters is 1. The zero-order valence-corrected chi connectivity index (χ0v) is 22.1. The van der Waals surface area contributed by atoms with Crippen LogP contribution in [0.4, 0.5) is 0 Å². The van der Waals surface area contributed by atoms with E-state index in [4.69, 9.17) is 37.7 Å². The van der Waals surface area contributed by atoms with Crippen molar-refractivity contribution in [2.75, 3.05) is 12.4 Å². The highest BCUT2D eigenvalue weighted by Crippen LogP contribution is 2.31. The third-order valence-electron chi connectivity index (χ3n) is 5.54. The molecule has 0 saturated heterocycles. The number of halogens is 2. The van der Waals surface area contributed by atoms with Crippen LogP contribution in [0.2, 0.25) is 10.0 Å². The molecule has 0 spiro atoms. The van der Waals surface area contributed by atoms with Gasteiger partial charge < -0.3 is 9.47 Å². The Bertz CT molecular complexity index is 1090. The number of nitrogens with zero attached hydrogens (tertiary/aromatic N) is 1. The van der Waals surface area contributed by atoms with Crippen LogP contribution < -0.4 is 0 Å². The van der Waals surface area contributed by atoms with Crippen molar-refractivity contribution in [1.82, 2.24) is 0 Å². The van der Waals surface area contributed by atoms with Gasteiger partial charge in [0.1, 0.15) is 6.10 Å². The van der Waals surface area contributed by atoms with Crippen LogP contribution in [0.25, 0.3) is 0 Å². The highest BCUT2D eigenvalue weighted by Gasteiger charge is 2.34. The third-order valence-corrected chi connectivity index (χ3v) is 7.24. The second-order valence-electron chi connectivity index (χ2n) is 8.49. The van der Waals surface area contributed by atoms with E-state index in [0.717, 1.165) is 10.5 Å². The number of aryl methyl sites for hydroxylation is 1. The average Bonchev–Trinajstić information content (AvgIpc) is 3.21. The summed E-state index contributed by atoms with van der Waals surface area (Å²) in [5.74, 6) is 0.784. The van der Waals surface area contributed by atoms with Gasteiger partial charge in [0.05, 0.1) is 29.0 Å². The lowest BCUT2D eigenvalue weighted by Gasteiger charge is -2.21. The van der Waals surface area contributed by atoms with Gasteiger partial charge in [0, 0.05) is 21.9 Å². The summed E-state index contributed by atoms with van der Waals surface area (Å²) in [5, 5.41) is 1.04. The summed E-state index contributed by atoms with van der Waals surface area (Å²) in [6.45, 7) is 8.26. The predicted molar refractivity (Wildman–Crippen MR) is 139 cm³/mol. The SMILES string of the molecule is CCOC(=O)CSc1ccc(C(=O)CCC2N=C(c3ccc(Cl)cc3Cl)OC2C(C)C)cc1C. The normalized spacial score (nSPS) is 17.4. The van der Waals surface area contributed by atoms with E-state index in [9.17, 15) is 9.59 Å². The molecule has 8 heteroatoms. The van der Waals surface area contributed by atoms with Crippen molar-refractivity contribution in [1.29, 1.82) is 0 Å². The van der Waals surface area contributed by atoms with Gasteiger partial charge >= 0.3 is 5.97 Å². The van der Waals surface area contributed by atoms with E-state index >= 15 is 0 Å². The predicted octanol–water partition coefficient (Wildman–Crippen LogP) is 6.79. The molecule has 0 bridgehead atoms. The van der Waals surface area contributed by atoms with Crippen LogP contribution >= 0.6 is 35.0 Å². The van der Waals surface area contributed by atoms with Crippen LogP contribution in [0, 0.1) is 12.8 Å². The van der Waals surface area contributed by atoms with E-state index in [-0.39, 0.29) is 35.6 Å². The molecule has 2 aromatic carbocycles.